The van der Waals surface area contributed by atoms with E-state index in [2.05, 4.69) is 20.3 Å². The molecule has 0 aromatic carbocycles. The first-order valence-electron chi connectivity index (χ1n) is 3.72. The number of rotatable bonds is 5. The number of hydrogen-bond donors (Lipinski definition) is 0. The second-order valence-electron chi connectivity index (χ2n) is 2.25. The third-order valence-corrected chi connectivity index (χ3v) is 2.22. The Morgan fingerprint density at radius 1 is 1.57 bits per heavy atom. The summed E-state index contributed by atoms with van der Waals surface area (Å²) in [7, 11) is 2.89. The topological polar surface area (TPSA) is 79.1 Å². The van der Waals surface area contributed by atoms with Crippen molar-refractivity contribution in [1.82, 2.24) is 20.2 Å². The molecule has 1 rings (SSSR count). The maximum Gasteiger partial charge on any atom is 0.327 e. The largest absolute Gasteiger partial charge is 0.468 e. The number of esters is 1. The van der Waals surface area contributed by atoms with Crippen molar-refractivity contribution in [2.45, 2.75) is 11.7 Å². The van der Waals surface area contributed by atoms with Crippen molar-refractivity contribution in [2.24, 2.45) is 0 Å². The summed E-state index contributed by atoms with van der Waals surface area (Å²) in [4.78, 5) is 10.9. The molecule has 0 unspecified atom stereocenters. The van der Waals surface area contributed by atoms with Gasteiger partial charge in [0.2, 0.25) is 5.16 Å². The Hall–Kier alpha value is -1.15. The van der Waals surface area contributed by atoms with Crippen molar-refractivity contribution in [3.63, 3.8) is 0 Å². The molecule has 7 nitrogen and oxygen atoms in total. The van der Waals surface area contributed by atoms with Crippen molar-refractivity contribution in [3.05, 3.63) is 0 Å². The van der Waals surface area contributed by atoms with Crippen molar-refractivity contribution < 1.29 is 14.3 Å². The first-order valence-corrected chi connectivity index (χ1v) is 4.71. The van der Waals surface area contributed by atoms with Gasteiger partial charge in [0.15, 0.2) is 0 Å². The second-order valence-corrected chi connectivity index (χ2v) is 3.14. The molecule has 78 valence electrons. The lowest BCUT2D eigenvalue weighted by Gasteiger charge is -2.01. The minimum absolute atomic E-state index is 0.00947. The summed E-state index contributed by atoms with van der Waals surface area (Å²) in [5.74, 6) is 0.0400. The second kappa shape index (κ2) is 5.55. The summed E-state index contributed by atoms with van der Waals surface area (Å²) in [6.07, 6.45) is 0. The van der Waals surface area contributed by atoms with E-state index in [1.165, 1.54) is 23.6 Å². The Kier molecular flexibility index (Phi) is 4.33. The van der Waals surface area contributed by atoms with Crippen LogP contribution in [0.5, 0.6) is 0 Å². The predicted molar refractivity (Wildman–Crippen MR) is 47.6 cm³/mol. The van der Waals surface area contributed by atoms with Gasteiger partial charge in [-0.15, -0.1) is 5.10 Å². The maximum atomic E-state index is 10.9. The smallest absolute Gasteiger partial charge is 0.327 e. The molecule has 0 aliphatic carbocycles. The van der Waals surface area contributed by atoms with Crippen LogP contribution < -0.4 is 0 Å². The summed E-state index contributed by atoms with van der Waals surface area (Å²) in [5, 5.41) is 11.3. The van der Waals surface area contributed by atoms with E-state index in [1.807, 2.05) is 0 Å². The molecule has 0 amide bonds. The molecular weight excluding hydrogens is 208 g/mol. The Morgan fingerprint density at radius 3 is 3.00 bits per heavy atom. The molecule has 0 aliphatic heterocycles. The standard InChI is InChI=1S/C6H10N4O3S/c1-12-4-14-6-7-8-9-10(6)3-5(11)13-2/h3-4H2,1-2H3. The van der Waals surface area contributed by atoms with Crippen LogP contribution in [0.2, 0.25) is 0 Å². The number of aromatic nitrogens is 4. The van der Waals surface area contributed by atoms with E-state index in [9.17, 15) is 4.79 Å². The van der Waals surface area contributed by atoms with Gasteiger partial charge in [0, 0.05) is 7.11 Å². The fourth-order valence-corrected chi connectivity index (χ4v) is 1.27. The van der Waals surface area contributed by atoms with E-state index in [-0.39, 0.29) is 6.54 Å². The van der Waals surface area contributed by atoms with Crippen LogP contribution in [-0.4, -0.2) is 46.3 Å². The molecule has 0 saturated carbocycles. The average Bonchev–Trinajstić information content (AvgIpc) is 2.62. The highest BCUT2D eigenvalue weighted by Crippen LogP contribution is 2.12. The van der Waals surface area contributed by atoms with Crippen LogP contribution >= 0.6 is 11.8 Å². The van der Waals surface area contributed by atoms with Crippen molar-refractivity contribution in [1.29, 1.82) is 0 Å². The molecule has 0 spiro atoms. The summed E-state index contributed by atoms with van der Waals surface area (Å²) < 4.78 is 10.7. The van der Waals surface area contributed by atoms with Gasteiger partial charge in [0.05, 0.1) is 13.0 Å². The van der Waals surface area contributed by atoms with E-state index in [4.69, 9.17) is 4.74 Å². The predicted octanol–water partition coefficient (Wildman–Crippen LogP) is -0.458. The van der Waals surface area contributed by atoms with Gasteiger partial charge in [-0.05, 0) is 10.4 Å². The van der Waals surface area contributed by atoms with Gasteiger partial charge >= 0.3 is 5.97 Å². The zero-order chi connectivity index (χ0) is 10.4. The van der Waals surface area contributed by atoms with Crippen molar-refractivity contribution in [2.75, 3.05) is 20.2 Å². The number of ether oxygens (including phenoxy) is 2. The van der Waals surface area contributed by atoms with Gasteiger partial charge in [-0.3, -0.25) is 4.79 Å². The van der Waals surface area contributed by atoms with Gasteiger partial charge in [0.25, 0.3) is 0 Å². The zero-order valence-electron chi connectivity index (χ0n) is 7.84. The van der Waals surface area contributed by atoms with Crippen molar-refractivity contribution >= 4 is 17.7 Å². The number of hydrogen-bond acceptors (Lipinski definition) is 7. The molecule has 0 bridgehead atoms. The number of thioether (sulfide) groups is 1. The highest BCUT2D eigenvalue weighted by atomic mass is 32.2. The number of tetrazole rings is 1. The molecule has 8 heteroatoms. The van der Waals surface area contributed by atoms with Crippen LogP contribution in [-0.2, 0) is 20.8 Å². The third-order valence-electron chi connectivity index (χ3n) is 1.31. The SMILES string of the molecule is COCSc1nnnn1CC(=O)OC. The quantitative estimate of drug-likeness (QED) is 0.376. The lowest BCUT2D eigenvalue weighted by atomic mass is 10.7. The van der Waals surface area contributed by atoms with E-state index in [0.717, 1.165) is 0 Å². The maximum absolute atomic E-state index is 10.9. The highest BCUT2D eigenvalue weighted by Gasteiger charge is 2.10. The summed E-state index contributed by atoms with van der Waals surface area (Å²) >= 11 is 1.30. The molecule has 1 heterocycles. The molecule has 0 radical (unpaired) electrons. The van der Waals surface area contributed by atoms with Crippen LogP contribution in [0.4, 0.5) is 0 Å². The molecule has 0 aliphatic rings. The molecular formula is C6H10N4O3S. The van der Waals surface area contributed by atoms with E-state index in [1.54, 1.807) is 7.11 Å². The molecule has 0 saturated heterocycles. The van der Waals surface area contributed by atoms with E-state index < -0.39 is 5.97 Å². The summed E-state index contributed by atoms with van der Waals surface area (Å²) in [6, 6.07) is 0. The Morgan fingerprint density at radius 2 is 2.36 bits per heavy atom. The Balaban J connectivity index is 2.57. The molecule has 0 N–H and O–H groups in total. The number of carbonyl (C=O) groups is 1. The minimum atomic E-state index is -0.392. The van der Waals surface area contributed by atoms with Gasteiger partial charge in [-0.25, -0.2) is 4.68 Å². The van der Waals surface area contributed by atoms with E-state index >= 15 is 0 Å². The fourth-order valence-electron chi connectivity index (χ4n) is 0.698. The summed E-state index contributed by atoms with van der Waals surface area (Å²) in [6.45, 7) is 0.00947. The monoisotopic (exact) mass is 218 g/mol. The van der Waals surface area contributed by atoms with Crippen LogP contribution in [0.3, 0.4) is 0 Å². The molecule has 14 heavy (non-hydrogen) atoms. The normalized spacial score (nSPS) is 10.1. The van der Waals surface area contributed by atoms with Crippen LogP contribution in [0, 0.1) is 0 Å². The van der Waals surface area contributed by atoms with Gasteiger partial charge in [0.1, 0.15) is 6.54 Å². The summed E-state index contributed by atoms with van der Waals surface area (Å²) in [5.41, 5.74) is 0. The molecule has 1 aromatic heterocycles. The lowest BCUT2D eigenvalue weighted by Crippen LogP contribution is -2.13. The first kappa shape index (κ1) is 10.9. The highest BCUT2D eigenvalue weighted by molar-refractivity contribution is 7.99. The fraction of sp³-hybridized carbons (Fsp3) is 0.667. The number of methoxy groups -OCH3 is 2. The van der Waals surface area contributed by atoms with Gasteiger partial charge < -0.3 is 9.47 Å². The Labute approximate surface area is 84.8 Å². The van der Waals surface area contributed by atoms with Crippen LogP contribution in [0.25, 0.3) is 0 Å². The molecule has 0 atom stereocenters. The third kappa shape index (κ3) is 2.96. The van der Waals surface area contributed by atoms with Crippen molar-refractivity contribution in [3.8, 4) is 0 Å². The average molecular weight is 218 g/mol. The molecule has 0 fully saturated rings. The van der Waals surface area contributed by atoms with E-state index in [0.29, 0.717) is 11.1 Å². The number of nitrogens with zero attached hydrogens (tertiary/aromatic N) is 4. The first-order chi connectivity index (χ1) is 6.77. The number of carbonyl (C=O) groups excluding carboxylic acids is 1. The van der Waals surface area contributed by atoms with Gasteiger partial charge in [-0.1, -0.05) is 11.8 Å². The Bertz CT molecular complexity index is 303. The molecule has 1 aromatic rings. The van der Waals surface area contributed by atoms with Crippen LogP contribution in [0.1, 0.15) is 0 Å². The zero-order valence-corrected chi connectivity index (χ0v) is 8.65. The minimum Gasteiger partial charge on any atom is -0.468 e. The van der Waals surface area contributed by atoms with Gasteiger partial charge in [-0.2, -0.15) is 0 Å². The van der Waals surface area contributed by atoms with Crippen LogP contribution in [0.15, 0.2) is 5.16 Å². The lowest BCUT2D eigenvalue weighted by molar-refractivity contribution is -0.141.